The van der Waals surface area contributed by atoms with Gasteiger partial charge in [-0.25, -0.2) is 9.78 Å². The Bertz CT molecular complexity index is 472. The lowest BCUT2D eigenvalue weighted by Crippen LogP contribution is -2.12. The van der Waals surface area contributed by atoms with Crippen molar-refractivity contribution in [3.05, 3.63) is 10.6 Å². The largest absolute Gasteiger partial charge is 0.477 e. The lowest BCUT2D eigenvalue weighted by molar-refractivity contribution is 0.0701. The van der Waals surface area contributed by atoms with Gasteiger partial charge < -0.3 is 5.11 Å². The summed E-state index contributed by atoms with van der Waals surface area (Å²) in [6, 6.07) is 0. The molecule has 2 bridgehead atoms. The maximum absolute atomic E-state index is 11.0. The summed E-state index contributed by atoms with van der Waals surface area (Å²) in [5.74, 6) is 3.02. The number of aromatic carboxylic acids is 1. The number of aryl methyl sites for hydroxylation is 1. The molecule has 1 aromatic rings. The molecule has 18 heavy (non-hydrogen) atoms. The molecular weight excluding hydrogens is 266 g/mol. The Balaban J connectivity index is 1.60. The van der Waals surface area contributed by atoms with Crippen LogP contribution in [0.25, 0.3) is 0 Å². The zero-order valence-corrected chi connectivity index (χ0v) is 12.0. The molecule has 0 aromatic carbocycles. The van der Waals surface area contributed by atoms with Crippen molar-refractivity contribution in [3.8, 4) is 0 Å². The Morgan fingerprint density at radius 1 is 1.50 bits per heavy atom. The van der Waals surface area contributed by atoms with Crippen LogP contribution in [0.15, 0.2) is 4.34 Å². The van der Waals surface area contributed by atoms with Gasteiger partial charge in [0.1, 0.15) is 4.88 Å². The summed E-state index contributed by atoms with van der Waals surface area (Å²) in [7, 11) is 0. The molecule has 3 unspecified atom stereocenters. The number of nitrogens with zero attached hydrogens (tertiary/aromatic N) is 1. The van der Waals surface area contributed by atoms with Crippen LogP contribution < -0.4 is 0 Å². The summed E-state index contributed by atoms with van der Waals surface area (Å²) in [5.41, 5.74) is 0.656. The molecule has 0 aliphatic heterocycles. The van der Waals surface area contributed by atoms with E-state index in [0.29, 0.717) is 10.6 Å². The fourth-order valence-corrected chi connectivity index (χ4v) is 5.68. The SMILES string of the molecule is Cc1nc(SCC2CC3CCC2C3)sc1C(=O)O. The van der Waals surface area contributed by atoms with E-state index in [1.54, 1.807) is 18.7 Å². The van der Waals surface area contributed by atoms with E-state index in [2.05, 4.69) is 4.98 Å². The van der Waals surface area contributed by atoms with Gasteiger partial charge in [0.25, 0.3) is 0 Å². The zero-order valence-electron chi connectivity index (χ0n) is 10.4. The summed E-state index contributed by atoms with van der Waals surface area (Å²) in [4.78, 5) is 15.7. The van der Waals surface area contributed by atoms with Gasteiger partial charge in [-0.3, -0.25) is 0 Å². The summed E-state index contributed by atoms with van der Waals surface area (Å²) in [5, 5.41) is 9.01. The highest BCUT2D eigenvalue weighted by Gasteiger charge is 2.39. The number of carboxylic acids is 1. The van der Waals surface area contributed by atoms with Crippen LogP contribution in [0.2, 0.25) is 0 Å². The van der Waals surface area contributed by atoms with Crippen molar-refractivity contribution in [1.29, 1.82) is 0 Å². The number of hydrogen-bond donors (Lipinski definition) is 1. The smallest absolute Gasteiger partial charge is 0.347 e. The highest BCUT2D eigenvalue weighted by molar-refractivity contribution is 8.01. The molecule has 0 radical (unpaired) electrons. The van der Waals surface area contributed by atoms with Crippen LogP contribution in [0.5, 0.6) is 0 Å². The van der Waals surface area contributed by atoms with Crippen LogP contribution in [0.1, 0.15) is 41.0 Å². The number of rotatable bonds is 4. The van der Waals surface area contributed by atoms with Gasteiger partial charge in [0, 0.05) is 5.75 Å². The van der Waals surface area contributed by atoms with Gasteiger partial charge in [-0.2, -0.15) is 0 Å². The number of aromatic nitrogens is 1. The van der Waals surface area contributed by atoms with E-state index in [1.807, 2.05) is 0 Å². The molecule has 0 saturated heterocycles. The maximum Gasteiger partial charge on any atom is 0.347 e. The normalized spacial score (nSPS) is 29.9. The van der Waals surface area contributed by atoms with Gasteiger partial charge in [-0.1, -0.05) is 18.2 Å². The first-order chi connectivity index (χ1) is 8.63. The van der Waals surface area contributed by atoms with Crippen molar-refractivity contribution in [2.24, 2.45) is 17.8 Å². The van der Waals surface area contributed by atoms with Crippen molar-refractivity contribution in [2.75, 3.05) is 5.75 Å². The molecule has 2 saturated carbocycles. The van der Waals surface area contributed by atoms with Crippen molar-refractivity contribution in [1.82, 2.24) is 4.98 Å². The first kappa shape index (κ1) is 12.5. The summed E-state index contributed by atoms with van der Waals surface area (Å²) >= 11 is 3.08. The van der Waals surface area contributed by atoms with Crippen LogP contribution in [-0.2, 0) is 0 Å². The fraction of sp³-hybridized carbons (Fsp3) is 0.692. The molecule has 98 valence electrons. The van der Waals surface area contributed by atoms with Gasteiger partial charge in [0.05, 0.1) is 5.69 Å². The van der Waals surface area contributed by atoms with E-state index in [-0.39, 0.29) is 0 Å². The number of hydrogen-bond acceptors (Lipinski definition) is 4. The monoisotopic (exact) mass is 283 g/mol. The Morgan fingerprint density at radius 2 is 2.33 bits per heavy atom. The average molecular weight is 283 g/mol. The maximum atomic E-state index is 11.0. The Kier molecular flexibility index (Phi) is 3.36. The number of thiazole rings is 1. The second-order valence-electron chi connectivity index (χ2n) is 5.45. The van der Waals surface area contributed by atoms with Crippen molar-refractivity contribution >= 4 is 29.1 Å². The van der Waals surface area contributed by atoms with Crippen molar-refractivity contribution in [2.45, 2.75) is 36.9 Å². The van der Waals surface area contributed by atoms with Gasteiger partial charge in [0.15, 0.2) is 4.34 Å². The minimum atomic E-state index is -0.850. The third-order valence-electron chi connectivity index (χ3n) is 4.28. The molecular formula is C13H17NO2S2. The van der Waals surface area contributed by atoms with Gasteiger partial charge in [-0.05, 0) is 43.9 Å². The molecule has 3 nitrogen and oxygen atoms in total. The molecule has 1 N–H and O–H groups in total. The quantitative estimate of drug-likeness (QED) is 0.856. The highest BCUT2D eigenvalue weighted by Crippen LogP contribution is 2.49. The number of fused-ring (bicyclic) bond motifs is 2. The minimum absolute atomic E-state index is 0.394. The van der Waals surface area contributed by atoms with Crippen molar-refractivity contribution < 1.29 is 9.90 Å². The van der Waals surface area contributed by atoms with Crippen LogP contribution in [-0.4, -0.2) is 21.8 Å². The molecule has 2 aliphatic rings. The third kappa shape index (κ3) is 2.30. The van der Waals surface area contributed by atoms with Crippen LogP contribution in [0.3, 0.4) is 0 Å². The van der Waals surface area contributed by atoms with Crippen LogP contribution >= 0.6 is 23.1 Å². The highest BCUT2D eigenvalue weighted by atomic mass is 32.2. The predicted octanol–water partition coefficient (Wildman–Crippen LogP) is 3.68. The standard InChI is InChI=1S/C13H17NO2S2/c1-7-11(12(15)16)18-13(14-7)17-6-10-5-8-2-3-9(10)4-8/h8-10H,2-6H2,1H3,(H,15,16). The third-order valence-corrected chi connectivity index (χ3v) is 6.75. The molecule has 2 aliphatic carbocycles. The van der Waals surface area contributed by atoms with Crippen LogP contribution in [0.4, 0.5) is 0 Å². The summed E-state index contributed by atoms with van der Waals surface area (Å²) < 4.78 is 0.924. The molecule has 0 amide bonds. The molecule has 2 fully saturated rings. The topological polar surface area (TPSA) is 50.2 Å². The first-order valence-corrected chi connectivity index (χ1v) is 8.27. The molecule has 1 aromatic heterocycles. The van der Waals surface area contributed by atoms with E-state index in [9.17, 15) is 4.79 Å². The van der Waals surface area contributed by atoms with E-state index >= 15 is 0 Å². The molecule has 5 heteroatoms. The molecule has 3 atom stereocenters. The van der Waals surface area contributed by atoms with E-state index < -0.39 is 5.97 Å². The first-order valence-electron chi connectivity index (χ1n) is 6.47. The number of carboxylic acid groups (broad SMARTS) is 1. The Labute approximate surface area is 115 Å². The zero-order chi connectivity index (χ0) is 12.7. The van der Waals surface area contributed by atoms with Gasteiger partial charge in [0.2, 0.25) is 0 Å². The Morgan fingerprint density at radius 3 is 2.89 bits per heavy atom. The summed E-state index contributed by atoms with van der Waals surface area (Å²) in [6.07, 6.45) is 5.66. The van der Waals surface area contributed by atoms with Crippen LogP contribution in [0, 0.1) is 24.7 Å². The molecule has 3 rings (SSSR count). The average Bonchev–Trinajstić information content (AvgIpc) is 3.00. The number of carbonyl (C=O) groups is 1. The lowest BCUT2D eigenvalue weighted by atomic mass is 9.90. The van der Waals surface area contributed by atoms with Crippen molar-refractivity contribution in [3.63, 3.8) is 0 Å². The Hall–Kier alpha value is -0.550. The fourth-order valence-electron chi connectivity index (χ4n) is 3.39. The predicted molar refractivity (Wildman–Crippen MR) is 73.5 cm³/mol. The van der Waals surface area contributed by atoms with E-state index in [1.165, 1.54) is 37.0 Å². The molecule has 1 heterocycles. The summed E-state index contributed by atoms with van der Waals surface area (Å²) in [6.45, 7) is 1.78. The second kappa shape index (κ2) is 4.85. The number of thioether (sulfide) groups is 1. The second-order valence-corrected chi connectivity index (χ2v) is 7.71. The van der Waals surface area contributed by atoms with E-state index in [4.69, 9.17) is 5.11 Å². The van der Waals surface area contributed by atoms with Gasteiger partial charge >= 0.3 is 5.97 Å². The minimum Gasteiger partial charge on any atom is -0.477 e. The van der Waals surface area contributed by atoms with Gasteiger partial charge in [-0.15, -0.1) is 11.3 Å². The van der Waals surface area contributed by atoms with E-state index in [0.717, 1.165) is 27.8 Å². The lowest BCUT2D eigenvalue weighted by Gasteiger charge is -2.20. The molecule has 0 spiro atoms.